The summed E-state index contributed by atoms with van der Waals surface area (Å²) in [5.74, 6) is 0.359. The summed E-state index contributed by atoms with van der Waals surface area (Å²) in [4.78, 5) is 53.6. The number of nitrogens with one attached hydrogen (secondary N) is 3. The van der Waals surface area contributed by atoms with E-state index in [2.05, 4.69) is 88.1 Å². The Bertz CT molecular complexity index is 1870. The van der Waals surface area contributed by atoms with Crippen LogP contribution in [0, 0.1) is 39.9 Å². The van der Waals surface area contributed by atoms with Crippen molar-refractivity contribution in [2.24, 2.45) is 39.9 Å². The summed E-state index contributed by atoms with van der Waals surface area (Å²) in [6.07, 6.45) is 1.84. The molecule has 4 fully saturated rings. The van der Waals surface area contributed by atoms with Crippen LogP contribution in [0.5, 0.6) is 5.75 Å². The molecule has 4 aliphatic rings. The molecular weight excluding hydrogens is 809 g/mol. The van der Waals surface area contributed by atoms with Crippen molar-refractivity contribution in [2.75, 3.05) is 55.0 Å². The molecule has 13 heteroatoms. The number of para-hydroxylation sites is 1. The normalized spacial score (nSPS) is 26.0. The van der Waals surface area contributed by atoms with Crippen molar-refractivity contribution in [2.45, 2.75) is 138 Å². The molecule has 358 valence electrons. The van der Waals surface area contributed by atoms with Crippen molar-refractivity contribution >= 4 is 17.7 Å². The van der Waals surface area contributed by atoms with E-state index < -0.39 is 24.2 Å². The van der Waals surface area contributed by atoms with Crippen molar-refractivity contribution in [3.8, 4) is 16.9 Å². The number of benzene rings is 2. The lowest BCUT2D eigenvalue weighted by Crippen LogP contribution is -2.62. The predicted molar refractivity (Wildman–Crippen MR) is 254 cm³/mol. The van der Waals surface area contributed by atoms with E-state index in [0.29, 0.717) is 64.4 Å². The zero-order valence-electron chi connectivity index (χ0n) is 41.7. The second-order valence-electron chi connectivity index (χ2n) is 22.9. The number of carbonyl (C=O) groups is 3. The summed E-state index contributed by atoms with van der Waals surface area (Å²) in [5, 5.41) is 33.1. The first kappa shape index (κ1) is 51.4. The fraction of sp³-hybridized carbons (Fsp3) is 0.706. The van der Waals surface area contributed by atoms with Gasteiger partial charge >= 0.3 is 0 Å². The number of methoxy groups -OCH3 is 1. The first-order chi connectivity index (χ1) is 29.7. The second kappa shape index (κ2) is 20.5. The number of hydrogen-bond donors (Lipinski definition) is 5. The van der Waals surface area contributed by atoms with Crippen molar-refractivity contribution in [1.82, 2.24) is 30.8 Å². The summed E-state index contributed by atoms with van der Waals surface area (Å²) >= 11 is 0. The monoisotopic (exact) mass is 891 g/mol. The van der Waals surface area contributed by atoms with Crippen LogP contribution in [0.1, 0.15) is 121 Å². The van der Waals surface area contributed by atoms with Gasteiger partial charge in [-0.15, -0.1) is 0 Å². The third-order valence-corrected chi connectivity index (χ3v) is 14.0. The van der Waals surface area contributed by atoms with Crippen LogP contribution in [0.4, 0.5) is 0 Å². The molecule has 3 amide bonds. The molecule has 3 aliphatic carbocycles. The third kappa shape index (κ3) is 12.4. The standard InChI is InChI=1S/C51H82N6O7/c1-30-40-22-36(51(40,9)10)23-41(30)54-48(62)44-43(31(2)59)42(29-58)64-57(44)26-32-17-16-18-39(45(32)63-15)33-19-34(46(60)52-37(27-55(11)12)24-49(3,4)5)21-35(20-33)47(61)53-38(28-56(13)14)25-50(6,7)8/h16-21,30-31,36-38,40-44,58-59H,22-29H2,1-15H3,(H,52,60)(H,53,61)(H,54,62)/t30-,31-,36+,37-,38-,40-,41-,42-,43-,44-/m0/s1. The first-order valence-corrected chi connectivity index (χ1v) is 23.5. The van der Waals surface area contributed by atoms with Crippen molar-refractivity contribution in [3.05, 3.63) is 53.1 Å². The van der Waals surface area contributed by atoms with Gasteiger partial charge in [0.2, 0.25) is 5.91 Å². The lowest BCUT2D eigenvalue weighted by atomic mass is 9.45. The Labute approximate surface area is 384 Å². The highest BCUT2D eigenvalue weighted by molar-refractivity contribution is 6.02. The summed E-state index contributed by atoms with van der Waals surface area (Å²) < 4.78 is 6.17. The molecule has 2 aromatic rings. The molecule has 5 N–H and O–H groups in total. The Morgan fingerprint density at radius 3 is 1.89 bits per heavy atom. The lowest BCUT2D eigenvalue weighted by molar-refractivity contribution is -0.183. The molecule has 1 saturated heterocycles. The molecule has 3 saturated carbocycles. The number of carbonyl (C=O) groups excluding carboxylic acids is 3. The molecule has 0 spiro atoms. The minimum absolute atomic E-state index is 0.000865. The summed E-state index contributed by atoms with van der Waals surface area (Å²) in [6, 6.07) is 9.76. The summed E-state index contributed by atoms with van der Waals surface area (Å²) in [6.45, 7) is 22.5. The zero-order chi connectivity index (χ0) is 47.6. The topological polar surface area (TPSA) is 156 Å². The van der Waals surface area contributed by atoms with E-state index >= 15 is 0 Å². The Morgan fingerprint density at radius 2 is 1.45 bits per heavy atom. The third-order valence-electron chi connectivity index (χ3n) is 14.0. The lowest BCUT2D eigenvalue weighted by Gasteiger charge is -2.62. The van der Waals surface area contributed by atoms with Crippen LogP contribution in [0.15, 0.2) is 36.4 Å². The molecule has 0 radical (unpaired) electrons. The van der Waals surface area contributed by atoms with E-state index in [1.807, 2.05) is 46.4 Å². The molecule has 0 unspecified atom stereocenters. The van der Waals surface area contributed by atoms with Crippen molar-refractivity contribution in [3.63, 3.8) is 0 Å². The Morgan fingerprint density at radius 1 is 0.906 bits per heavy atom. The number of likely N-dealkylation sites (N-methyl/N-ethyl adjacent to an activating group) is 2. The number of amides is 3. The average molecular weight is 891 g/mol. The molecule has 13 nitrogen and oxygen atoms in total. The number of ether oxygens (including phenoxy) is 1. The van der Waals surface area contributed by atoms with Gasteiger partial charge in [-0.2, -0.15) is 5.06 Å². The van der Waals surface area contributed by atoms with Crippen molar-refractivity contribution in [1.29, 1.82) is 0 Å². The van der Waals surface area contributed by atoms with E-state index in [0.717, 1.165) is 19.3 Å². The van der Waals surface area contributed by atoms with Gasteiger partial charge in [0.1, 0.15) is 17.9 Å². The van der Waals surface area contributed by atoms with Crippen LogP contribution in [-0.4, -0.2) is 134 Å². The van der Waals surface area contributed by atoms with Gasteiger partial charge in [0.25, 0.3) is 11.8 Å². The Hall–Kier alpha value is -3.59. The van der Waals surface area contributed by atoms with Crippen LogP contribution in [0.3, 0.4) is 0 Å². The quantitative estimate of drug-likeness (QED) is 0.117. The van der Waals surface area contributed by atoms with Gasteiger partial charge < -0.3 is 40.7 Å². The molecule has 10 atom stereocenters. The highest BCUT2D eigenvalue weighted by Crippen LogP contribution is 2.61. The second-order valence-corrected chi connectivity index (χ2v) is 22.9. The van der Waals surface area contributed by atoms with Gasteiger partial charge in [-0.1, -0.05) is 80.5 Å². The van der Waals surface area contributed by atoms with Gasteiger partial charge in [0.15, 0.2) is 0 Å². The van der Waals surface area contributed by atoms with Gasteiger partial charge in [0.05, 0.1) is 26.4 Å². The maximum atomic E-state index is 14.5. The fourth-order valence-electron chi connectivity index (χ4n) is 11.1. The van der Waals surface area contributed by atoms with Crippen LogP contribution in [0.25, 0.3) is 11.1 Å². The number of hydrogen-bond acceptors (Lipinski definition) is 10. The highest BCUT2D eigenvalue weighted by Gasteiger charge is 2.57. The summed E-state index contributed by atoms with van der Waals surface area (Å²) in [7, 11) is 9.53. The minimum Gasteiger partial charge on any atom is -0.496 e. The van der Waals surface area contributed by atoms with Crippen LogP contribution < -0.4 is 20.7 Å². The van der Waals surface area contributed by atoms with Crippen LogP contribution >= 0.6 is 0 Å². The SMILES string of the molecule is COc1c(CN2O[C@@H](CO)[C@H]([C@H](C)O)[C@H]2C(=O)N[C@H]2C[C@H]3C[C@@H]([C@@H]2C)C3(C)C)cccc1-c1cc(C(=O)N[C@H](CN(C)C)CC(C)(C)C)cc(C(=O)N[C@H](CN(C)C)CC(C)(C)C)c1. The maximum absolute atomic E-state index is 14.5. The smallest absolute Gasteiger partial charge is 0.251 e. The molecule has 2 bridgehead atoms. The van der Waals surface area contributed by atoms with Gasteiger partial charge in [-0.05, 0) is 119 Å². The number of aliphatic hydroxyl groups excluding tert-OH is 2. The van der Waals surface area contributed by atoms with E-state index in [4.69, 9.17) is 9.57 Å². The minimum atomic E-state index is -0.942. The maximum Gasteiger partial charge on any atom is 0.251 e. The van der Waals surface area contributed by atoms with E-state index in [1.165, 1.54) is 6.42 Å². The molecule has 1 heterocycles. The molecule has 1 aliphatic heterocycles. The van der Waals surface area contributed by atoms with Crippen LogP contribution in [0.2, 0.25) is 0 Å². The number of hydroxylamine groups is 2. The molecular formula is C51H82N6O7. The van der Waals surface area contributed by atoms with Crippen molar-refractivity contribution < 1.29 is 34.2 Å². The van der Waals surface area contributed by atoms with Gasteiger partial charge in [-0.3, -0.25) is 19.2 Å². The predicted octanol–water partition coefficient (Wildman–Crippen LogP) is 6.22. The van der Waals surface area contributed by atoms with Crippen LogP contribution in [-0.2, 0) is 16.2 Å². The highest BCUT2D eigenvalue weighted by atomic mass is 16.7. The van der Waals surface area contributed by atoms with E-state index in [1.54, 1.807) is 37.3 Å². The number of aliphatic hydroxyl groups is 2. The summed E-state index contributed by atoms with van der Waals surface area (Å²) in [5.41, 5.74) is 2.79. The van der Waals surface area contributed by atoms with E-state index in [9.17, 15) is 24.6 Å². The molecule has 64 heavy (non-hydrogen) atoms. The molecule has 6 rings (SSSR count). The Balaban J connectivity index is 1.53. The molecule has 0 aromatic heterocycles. The van der Waals surface area contributed by atoms with Gasteiger partial charge in [-0.25, -0.2) is 0 Å². The number of fused-ring (bicyclic) bond motifs is 2. The van der Waals surface area contributed by atoms with E-state index in [-0.39, 0.29) is 65.2 Å². The number of rotatable bonds is 18. The number of nitrogens with zero attached hydrogens (tertiary/aromatic N) is 3. The van der Waals surface area contributed by atoms with Gasteiger partial charge in [0, 0.05) is 59.4 Å². The largest absolute Gasteiger partial charge is 0.496 e. The first-order valence-electron chi connectivity index (χ1n) is 23.5. The zero-order valence-corrected chi connectivity index (χ0v) is 41.7. The average Bonchev–Trinajstić information content (AvgIpc) is 3.54. The fourth-order valence-corrected chi connectivity index (χ4v) is 11.1. The Kier molecular flexibility index (Phi) is 16.5. The molecule has 2 aromatic carbocycles.